The van der Waals surface area contributed by atoms with E-state index in [0.29, 0.717) is 19.4 Å². The van der Waals surface area contributed by atoms with Gasteiger partial charge in [-0.2, -0.15) is 0 Å². The van der Waals surface area contributed by atoms with E-state index in [4.69, 9.17) is 4.74 Å². The Kier molecular flexibility index (Phi) is 58.0. The number of amides is 1. The summed E-state index contributed by atoms with van der Waals surface area (Å²) >= 11 is 0. The van der Waals surface area contributed by atoms with Gasteiger partial charge in [0.1, 0.15) is 0 Å². The van der Waals surface area contributed by atoms with Crippen molar-refractivity contribution in [2.75, 3.05) is 13.2 Å². The van der Waals surface area contributed by atoms with Crippen LogP contribution in [0.2, 0.25) is 0 Å². The number of allylic oxidation sites excluding steroid dienone is 1. The quantitative estimate of drug-likeness (QED) is 0.0321. The zero-order chi connectivity index (χ0) is 50.0. The van der Waals surface area contributed by atoms with Gasteiger partial charge in [0.05, 0.1) is 25.4 Å². The number of esters is 1. The lowest BCUT2D eigenvalue weighted by Crippen LogP contribution is -2.45. The summed E-state index contributed by atoms with van der Waals surface area (Å²) in [6, 6.07) is -0.626. The SMILES string of the molecule is CCCCCCCCCCCCC/C=C/C(O)C(CO)NC(=O)CCCCCCCCCCCCCCCCCCCCCCCCCOC(=O)CCCCCCCCCCCCCCCCCC. The molecule has 0 fully saturated rings. The van der Waals surface area contributed by atoms with Gasteiger partial charge in [-0.25, -0.2) is 0 Å². The molecule has 6 heteroatoms. The van der Waals surface area contributed by atoms with Crippen molar-refractivity contribution in [3.8, 4) is 0 Å². The Morgan fingerprint density at radius 1 is 0.391 bits per heavy atom. The van der Waals surface area contributed by atoms with Crippen molar-refractivity contribution < 1.29 is 24.5 Å². The van der Waals surface area contributed by atoms with E-state index in [1.165, 1.54) is 289 Å². The summed E-state index contributed by atoms with van der Waals surface area (Å²) in [6.07, 6.45) is 71.1. The molecule has 69 heavy (non-hydrogen) atoms. The van der Waals surface area contributed by atoms with Gasteiger partial charge in [0.2, 0.25) is 5.91 Å². The number of ether oxygens (including phenoxy) is 1. The number of carbonyl (C=O) groups excluding carboxylic acids is 2. The normalized spacial score (nSPS) is 12.6. The van der Waals surface area contributed by atoms with Crippen molar-refractivity contribution >= 4 is 11.9 Å². The van der Waals surface area contributed by atoms with E-state index in [-0.39, 0.29) is 18.5 Å². The number of hydrogen-bond donors (Lipinski definition) is 3. The van der Waals surface area contributed by atoms with Gasteiger partial charge in [0.25, 0.3) is 0 Å². The first kappa shape index (κ1) is 67.6. The molecule has 6 nitrogen and oxygen atoms in total. The van der Waals surface area contributed by atoms with Crippen molar-refractivity contribution in [1.82, 2.24) is 5.32 Å². The maximum Gasteiger partial charge on any atom is 0.305 e. The molecule has 0 aliphatic heterocycles. The van der Waals surface area contributed by atoms with Gasteiger partial charge in [0, 0.05) is 12.8 Å². The second kappa shape index (κ2) is 59.2. The summed E-state index contributed by atoms with van der Waals surface area (Å²) in [6.45, 7) is 4.93. The number of unbranched alkanes of at least 4 members (excludes halogenated alkanes) is 48. The molecule has 0 aliphatic rings. The molecule has 2 atom stereocenters. The molecule has 0 aliphatic carbocycles. The number of nitrogens with one attached hydrogen (secondary N) is 1. The van der Waals surface area contributed by atoms with Gasteiger partial charge in [-0.15, -0.1) is 0 Å². The fourth-order valence-electron chi connectivity index (χ4n) is 9.99. The Bertz CT molecular complexity index is 1030. The van der Waals surface area contributed by atoms with E-state index in [0.717, 1.165) is 38.5 Å². The first-order valence-electron chi connectivity index (χ1n) is 31.5. The topological polar surface area (TPSA) is 95.9 Å². The molecule has 0 aromatic rings. The number of rotatable bonds is 59. The van der Waals surface area contributed by atoms with E-state index in [9.17, 15) is 19.8 Å². The van der Waals surface area contributed by atoms with Gasteiger partial charge in [-0.05, 0) is 32.1 Å². The fraction of sp³-hybridized carbons (Fsp3) is 0.937. The van der Waals surface area contributed by atoms with E-state index in [1.54, 1.807) is 6.08 Å². The average molecular weight is 975 g/mol. The highest BCUT2D eigenvalue weighted by molar-refractivity contribution is 5.76. The van der Waals surface area contributed by atoms with Gasteiger partial charge in [-0.1, -0.05) is 321 Å². The lowest BCUT2D eigenvalue weighted by Gasteiger charge is -2.20. The van der Waals surface area contributed by atoms with Crippen LogP contribution in [0.3, 0.4) is 0 Å². The minimum Gasteiger partial charge on any atom is -0.466 e. The number of aliphatic hydroxyl groups is 2. The third kappa shape index (κ3) is 55.8. The highest BCUT2D eigenvalue weighted by atomic mass is 16.5. The predicted octanol–water partition coefficient (Wildman–Crippen LogP) is 19.6. The highest BCUT2D eigenvalue weighted by Gasteiger charge is 2.18. The molecule has 0 heterocycles. The molecule has 410 valence electrons. The zero-order valence-corrected chi connectivity index (χ0v) is 46.8. The van der Waals surface area contributed by atoms with Crippen LogP contribution in [0.4, 0.5) is 0 Å². The molecule has 3 N–H and O–H groups in total. The van der Waals surface area contributed by atoms with Crippen molar-refractivity contribution in [2.24, 2.45) is 0 Å². The molecule has 0 saturated heterocycles. The predicted molar refractivity (Wildman–Crippen MR) is 301 cm³/mol. The van der Waals surface area contributed by atoms with Crippen molar-refractivity contribution in [1.29, 1.82) is 0 Å². The van der Waals surface area contributed by atoms with Crippen molar-refractivity contribution in [2.45, 2.75) is 366 Å². The standard InChI is InChI=1S/C63H123NO5/c1-3-5-7-9-11-13-15-17-18-29-33-37-41-45-49-53-57-63(68)69-58-54-50-46-42-38-34-30-27-25-23-21-19-20-22-24-26-28-32-36-40-44-48-52-56-62(67)64-60(59-65)61(66)55-51-47-43-39-35-31-16-14-12-10-8-6-4-2/h51,55,60-61,65-66H,3-50,52-54,56-59H2,1-2H3,(H,64,67)/b55-51+. The average Bonchev–Trinajstić information content (AvgIpc) is 3.35. The molecule has 0 aromatic heterocycles. The molecule has 0 radical (unpaired) electrons. The Labute approximate surface area is 431 Å². The van der Waals surface area contributed by atoms with Crippen molar-refractivity contribution in [3.63, 3.8) is 0 Å². The minimum atomic E-state index is -0.842. The number of carbonyl (C=O) groups is 2. The lowest BCUT2D eigenvalue weighted by molar-refractivity contribution is -0.143. The largest absolute Gasteiger partial charge is 0.466 e. The third-order valence-electron chi connectivity index (χ3n) is 14.8. The van der Waals surface area contributed by atoms with Gasteiger partial charge in [-0.3, -0.25) is 9.59 Å². The molecular weight excluding hydrogens is 851 g/mol. The first-order chi connectivity index (χ1) is 34.0. The Morgan fingerprint density at radius 3 is 0.986 bits per heavy atom. The second-order valence-corrected chi connectivity index (χ2v) is 21.8. The summed E-state index contributed by atoms with van der Waals surface area (Å²) in [5, 5.41) is 23.1. The molecular formula is C63H123NO5. The second-order valence-electron chi connectivity index (χ2n) is 21.8. The van der Waals surface area contributed by atoms with E-state index >= 15 is 0 Å². The first-order valence-corrected chi connectivity index (χ1v) is 31.5. The fourth-order valence-corrected chi connectivity index (χ4v) is 9.99. The Balaban J connectivity index is 3.36. The summed E-state index contributed by atoms with van der Waals surface area (Å²) in [5.41, 5.74) is 0. The van der Waals surface area contributed by atoms with E-state index in [2.05, 4.69) is 19.2 Å². The summed E-state index contributed by atoms with van der Waals surface area (Å²) in [7, 11) is 0. The molecule has 1 amide bonds. The molecule has 0 spiro atoms. The van der Waals surface area contributed by atoms with Crippen LogP contribution in [0.25, 0.3) is 0 Å². The van der Waals surface area contributed by atoms with Gasteiger partial charge < -0.3 is 20.3 Å². The maximum atomic E-state index is 12.4. The summed E-state index contributed by atoms with van der Waals surface area (Å²) in [5.74, 6) is -0.0480. The van der Waals surface area contributed by atoms with Crippen LogP contribution in [0.1, 0.15) is 354 Å². The van der Waals surface area contributed by atoms with Crippen LogP contribution in [0.5, 0.6) is 0 Å². The van der Waals surface area contributed by atoms with Crippen LogP contribution >= 0.6 is 0 Å². The Hall–Kier alpha value is -1.40. The molecule has 0 bridgehead atoms. The van der Waals surface area contributed by atoms with Crippen molar-refractivity contribution in [3.05, 3.63) is 12.2 Å². The smallest absolute Gasteiger partial charge is 0.305 e. The number of hydrogen-bond acceptors (Lipinski definition) is 5. The summed E-state index contributed by atoms with van der Waals surface area (Å²) in [4.78, 5) is 24.5. The maximum absolute atomic E-state index is 12.4. The molecule has 0 saturated carbocycles. The van der Waals surface area contributed by atoms with E-state index < -0.39 is 12.1 Å². The highest BCUT2D eigenvalue weighted by Crippen LogP contribution is 2.18. The van der Waals surface area contributed by atoms with Crippen LogP contribution in [0, 0.1) is 0 Å². The Morgan fingerprint density at radius 2 is 0.667 bits per heavy atom. The summed E-state index contributed by atoms with van der Waals surface area (Å²) < 4.78 is 5.50. The van der Waals surface area contributed by atoms with Crippen LogP contribution in [0.15, 0.2) is 12.2 Å². The number of aliphatic hydroxyl groups excluding tert-OH is 2. The van der Waals surface area contributed by atoms with Crippen LogP contribution in [-0.4, -0.2) is 47.4 Å². The van der Waals surface area contributed by atoms with Gasteiger partial charge >= 0.3 is 5.97 Å². The van der Waals surface area contributed by atoms with Crippen LogP contribution in [-0.2, 0) is 14.3 Å². The molecule has 2 unspecified atom stereocenters. The molecule has 0 aromatic carbocycles. The van der Waals surface area contributed by atoms with E-state index in [1.807, 2.05) is 6.08 Å². The molecule has 0 rings (SSSR count). The third-order valence-corrected chi connectivity index (χ3v) is 14.8. The minimum absolute atomic E-state index is 0.0179. The van der Waals surface area contributed by atoms with Gasteiger partial charge in [0.15, 0.2) is 0 Å². The van der Waals surface area contributed by atoms with Crippen LogP contribution < -0.4 is 5.32 Å². The zero-order valence-electron chi connectivity index (χ0n) is 46.8. The monoisotopic (exact) mass is 974 g/mol. The lowest BCUT2D eigenvalue weighted by atomic mass is 10.0.